The minimum Gasteiger partial charge on any atom is -0.462 e. The second kappa shape index (κ2) is 71.4. The highest BCUT2D eigenvalue weighted by Gasteiger charge is 2.30. The lowest BCUT2D eigenvalue weighted by Crippen LogP contribution is -2.30. The zero-order valence-electron chi connectivity index (χ0n) is 61.7. The van der Waals surface area contributed by atoms with Crippen molar-refractivity contribution in [3.63, 3.8) is 0 Å². The van der Waals surface area contributed by atoms with Gasteiger partial charge in [0.05, 0.1) is 26.4 Å². The van der Waals surface area contributed by atoms with Crippen molar-refractivity contribution >= 4 is 39.5 Å². The highest BCUT2D eigenvalue weighted by atomic mass is 31.2. The summed E-state index contributed by atoms with van der Waals surface area (Å²) in [7, 11) is -9.96. The van der Waals surface area contributed by atoms with Crippen molar-refractivity contribution in [2.24, 2.45) is 0 Å². The van der Waals surface area contributed by atoms with E-state index in [0.29, 0.717) is 25.7 Å². The molecule has 0 aromatic heterocycles. The number of aliphatic hydroxyl groups is 1. The first kappa shape index (κ1) is 94.0. The molecule has 2 unspecified atom stereocenters. The van der Waals surface area contributed by atoms with E-state index in [0.717, 1.165) is 167 Å². The highest BCUT2D eigenvalue weighted by Crippen LogP contribution is 2.45. The van der Waals surface area contributed by atoms with Gasteiger partial charge in [-0.15, -0.1) is 0 Å². The molecule has 0 aromatic rings. The SMILES string of the molecule is CC/C=C\C/C=C\C/C=C\C/C=C\C/C=C\CCCCCC(=O)OC[C@H](COP(=O)(O)OC[C@@H](O)COP(=O)(O)OC[C@@H](COC(=O)CCCCCCC/C=C\CCCCCC)OC(=O)CCCCCCC/C=C\CCCCCC)OC(=O)CCCCCCC/C=C\CCCCCC. The summed E-state index contributed by atoms with van der Waals surface area (Å²) in [5, 5.41) is 10.6. The van der Waals surface area contributed by atoms with Crippen LogP contribution in [0.15, 0.2) is 97.2 Å². The number of rotatable bonds is 72. The lowest BCUT2D eigenvalue weighted by atomic mass is 10.1. The Bertz CT molecular complexity index is 2240. The van der Waals surface area contributed by atoms with E-state index in [1.165, 1.54) is 77.0 Å². The average molecular weight is 1420 g/mol. The number of phosphoric acid groups is 2. The normalized spacial score (nSPS) is 14.5. The molecular formula is C79H138O17P2. The third kappa shape index (κ3) is 70.4. The van der Waals surface area contributed by atoms with Gasteiger partial charge in [-0.3, -0.25) is 37.3 Å². The summed E-state index contributed by atoms with van der Waals surface area (Å²) in [6, 6.07) is 0. The van der Waals surface area contributed by atoms with Gasteiger partial charge in [-0.25, -0.2) is 9.13 Å². The van der Waals surface area contributed by atoms with Crippen LogP contribution in [0.3, 0.4) is 0 Å². The van der Waals surface area contributed by atoms with Gasteiger partial charge < -0.3 is 33.8 Å². The number of hydrogen-bond acceptors (Lipinski definition) is 15. The molecule has 0 heterocycles. The Labute approximate surface area is 595 Å². The third-order valence-corrected chi connectivity index (χ3v) is 17.9. The van der Waals surface area contributed by atoms with Crippen LogP contribution in [0, 0.1) is 0 Å². The van der Waals surface area contributed by atoms with E-state index in [9.17, 15) is 43.2 Å². The van der Waals surface area contributed by atoms with Gasteiger partial charge >= 0.3 is 39.5 Å². The molecule has 17 nitrogen and oxygen atoms in total. The summed E-state index contributed by atoms with van der Waals surface area (Å²) in [6.45, 7) is 4.67. The largest absolute Gasteiger partial charge is 0.472 e. The van der Waals surface area contributed by atoms with Crippen molar-refractivity contribution in [3.8, 4) is 0 Å². The van der Waals surface area contributed by atoms with E-state index in [-0.39, 0.29) is 25.7 Å². The molecule has 19 heteroatoms. The summed E-state index contributed by atoms with van der Waals surface area (Å²) < 4.78 is 68.4. The molecule has 0 aliphatic heterocycles. The van der Waals surface area contributed by atoms with Crippen LogP contribution in [0.2, 0.25) is 0 Å². The van der Waals surface area contributed by atoms with Crippen LogP contribution in [0.1, 0.15) is 323 Å². The topological polar surface area (TPSA) is 237 Å². The van der Waals surface area contributed by atoms with E-state index in [1.54, 1.807) is 0 Å². The van der Waals surface area contributed by atoms with Crippen LogP contribution in [0.25, 0.3) is 0 Å². The summed E-state index contributed by atoms with van der Waals surface area (Å²) in [6.07, 6.45) is 74.0. The first-order chi connectivity index (χ1) is 47.7. The van der Waals surface area contributed by atoms with Gasteiger partial charge in [-0.1, -0.05) is 247 Å². The summed E-state index contributed by atoms with van der Waals surface area (Å²) >= 11 is 0. The van der Waals surface area contributed by atoms with Gasteiger partial charge in [0.15, 0.2) is 12.2 Å². The Morgan fingerprint density at radius 3 is 0.837 bits per heavy atom. The molecule has 0 aliphatic carbocycles. The lowest BCUT2D eigenvalue weighted by Gasteiger charge is -2.21. The fourth-order valence-electron chi connectivity index (χ4n) is 10.1. The Balaban J connectivity index is 5.36. The minimum atomic E-state index is -4.98. The van der Waals surface area contributed by atoms with Crippen molar-refractivity contribution in [1.82, 2.24) is 0 Å². The predicted molar refractivity (Wildman–Crippen MR) is 399 cm³/mol. The van der Waals surface area contributed by atoms with Crippen LogP contribution in [-0.2, 0) is 65.4 Å². The van der Waals surface area contributed by atoms with Crippen LogP contribution < -0.4 is 0 Å². The van der Waals surface area contributed by atoms with Gasteiger partial charge in [-0.2, -0.15) is 0 Å². The van der Waals surface area contributed by atoms with Crippen molar-refractivity contribution in [2.75, 3.05) is 39.6 Å². The van der Waals surface area contributed by atoms with Gasteiger partial charge in [-0.05, 0) is 148 Å². The maximum atomic E-state index is 13.1. The molecule has 566 valence electrons. The van der Waals surface area contributed by atoms with Crippen LogP contribution in [0.5, 0.6) is 0 Å². The number of unbranched alkanes of at least 4 members (excludes halogenated alkanes) is 30. The Morgan fingerprint density at radius 1 is 0.296 bits per heavy atom. The summed E-state index contributed by atoms with van der Waals surface area (Å²) in [5.74, 6) is -2.23. The molecule has 0 amide bonds. The molecule has 0 aliphatic rings. The van der Waals surface area contributed by atoms with E-state index >= 15 is 0 Å². The number of ether oxygens (including phenoxy) is 4. The molecular weight excluding hydrogens is 1280 g/mol. The molecule has 0 fully saturated rings. The fraction of sp³-hybridized carbons (Fsp3) is 0.747. The standard InChI is InChI=1S/C79H138O17P2/c1-5-9-13-17-21-25-29-33-34-35-36-37-38-42-44-48-52-56-60-64-77(82)90-70-75(96-79(84)66-62-58-54-50-46-41-32-28-24-20-16-12-8-4)72-94-98(87,88)92-68-73(80)67-91-97(85,86)93-71-74(95-78(83)65-61-57-53-49-45-40-31-27-23-19-15-11-7-3)69-89-76(81)63-59-55-51-47-43-39-30-26-22-18-14-10-6-2/h9,13,21,25-28,30-34,36-37,42,44,73-75,80H,5-8,10-12,14-20,22-24,29,35,38-41,43,45-72H2,1-4H3,(H,85,86)(H,87,88)/b13-9-,25-21-,30-26-,31-27-,32-28-,34-33-,37-36-,44-42-/t73-,74+,75+/m0/s1. The van der Waals surface area contributed by atoms with Crippen molar-refractivity contribution in [3.05, 3.63) is 97.2 Å². The van der Waals surface area contributed by atoms with E-state index < -0.39 is 97.5 Å². The quantitative estimate of drug-likeness (QED) is 0.0169. The first-order valence-electron chi connectivity index (χ1n) is 38.5. The fourth-order valence-corrected chi connectivity index (χ4v) is 11.7. The Kier molecular flexibility index (Phi) is 68.4. The number of esters is 4. The number of carbonyl (C=O) groups is 4. The molecule has 0 rings (SSSR count). The first-order valence-corrected chi connectivity index (χ1v) is 41.5. The molecule has 0 saturated heterocycles. The highest BCUT2D eigenvalue weighted by molar-refractivity contribution is 7.47. The molecule has 0 aromatic carbocycles. The zero-order valence-corrected chi connectivity index (χ0v) is 63.5. The monoisotopic (exact) mass is 1420 g/mol. The summed E-state index contributed by atoms with van der Waals surface area (Å²) in [4.78, 5) is 72.8. The van der Waals surface area contributed by atoms with Crippen LogP contribution in [-0.4, -0.2) is 96.7 Å². The zero-order chi connectivity index (χ0) is 71.8. The van der Waals surface area contributed by atoms with Gasteiger partial charge in [0.2, 0.25) is 0 Å². The van der Waals surface area contributed by atoms with Gasteiger partial charge in [0.25, 0.3) is 0 Å². The van der Waals surface area contributed by atoms with Crippen LogP contribution in [0.4, 0.5) is 0 Å². The van der Waals surface area contributed by atoms with Gasteiger partial charge in [0, 0.05) is 25.7 Å². The predicted octanol–water partition coefficient (Wildman–Crippen LogP) is 22.0. The molecule has 5 atom stereocenters. The third-order valence-electron chi connectivity index (χ3n) is 16.0. The molecule has 0 spiro atoms. The maximum absolute atomic E-state index is 13.1. The molecule has 0 saturated carbocycles. The van der Waals surface area contributed by atoms with Gasteiger partial charge in [0.1, 0.15) is 19.3 Å². The average Bonchev–Trinajstić information content (AvgIpc) is 0.966. The van der Waals surface area contributed by atoms with Crippen LogP contribution >= 0.6 is 15.6 Å². The van der Waals surface area contributed by atoms with E-state index in [1.807, 2.05) is 0 Å². The molecule has 3 N–H and O–H groups in total. The molecule has 0 bridgehead atoms. The molecule has 98 heavy (non-hydrogen) atoms. The maximum Gasteiger partial charge on any atom is 0.472 e. The number of phosphoric ester groups is 2. The summed E-state index contributed by atoms with van der Waals surface area (Å²) in [5.41, 5.74) is 0. The van der Waals surface area contributed by atoms with Crippen molar-refractivity contribution < 1.29 is 80.2 Å². The van der Waals surface area contributed by atoms with Crippen molar-refractivity contribution in [1.29, 1.82) is 0 Å². The number of allylic oxidation sites excluding steroid dienone is 16. The number of hydrogen-bond donors (Lipinski definition) is 3. The Hall–Kier alpha value is -4.02. The van der Waals surface area contributed by atoms with E-state index in [2.05, 4.69) is 125 Å². The molecule has 0 radical (unpaired) electrons. The second-order valence-electron chi connectivity index (χ2n) is 25.6. The van der Waals surface area contributed by atoms with E-state index in [4.69, 9.17) is 37.0 Å². The minimum absolute atomic E-state index is 0.0769. The smallest absolute Gasteiger partial charge is 0.462 e. The number of aliphatic hydroxyl groups excluding tert-OH is 1. The number of carbonyl (C=O) groups excluding carboxylic acids is 4. The second-order valence-corrected chi connectivity index (χ2v) is 28.5. The van der Waals surface area contributed by atoms with Crippen molar-refractivity contribution in [2.45, 2.75) is 341 Å². The lowest BCUT2D eigenvalue weighted by molar-refractivity contribution is -0.161. The Morgan fingerprint density at radius 2 is 0.531 bits per heavy atom.